The predicted octanol–water partition coefficient (Wildman–Crippen LogP) is 2.23. The van der Waals surface area contributed by atoms with Gasteiger partial charge in [-0.3, -0.25) is 0 Å². The van der Waals surface area contributed by atoms with Crippen LogP contribution in [0.3, 0.4) is 0 Å². The molecular formula is C12H22N2O. The molecule has 0 radical (unpaired) electrons. The van der Waals surface area contributed by atoms with Crippen molar-refractivity contribution in [2.24, 2.45) is 11.3 Å². The van der Waals surface area contributed by atoms with Gasteiger partial charge in [0.25, 0.3) is 0 Å². The molecule has 0 spiro atoms. The molecule has 0 bridgehead atoms. The van der Waals surface area contributed by atoms with E-state index < -0.39 is 0 Å². The van der Waals surface area contributed by atoms with Crippen molar-refractivity contribution in [2.45, 2.75) is 46.1 Å². The van der Waals surface area contributed by atoms with Crippen molar-refractivity contribution in [2.75, 3.05) is 13.1 Å². The first-order chi connectivity index (χ1) is 6.84. The maximum absolute atomic E-state index is 11.9. The van der Waals surface area contributed by atoms with Gasteiger partial charge in [-0.1, -0.05) is 13.8 Å². The van der Waals surface area contributed by atoms with Crippen molar-refractivity contribution in [1.29, 1.82) is 0 Å². The summed E-state index contributed by atoms with van der Waals surface area (Å²) in [4.78, 5) is 13.8. The molecule has 1 heterocycles. The first kappa shape index (κ1) is 10.8. The summed E-state index contributed by atoms with van der Waals surface area (Å²) in [5, 5.41) is 3.03. The van der Waals surface area contributed by atoms with E-state index in [0.29, 0.717) is 0 Å². The van der Waals surface area contributed by atoms with E-state index >= 15 is 0 Å². The molecule has 0 aromatic rings. The lowest BCUT2D eigenvalue weighted by atomic mass is 9.65. The van der Waals surface area contributed by atoms with E-state index in [4.69, 9.17) is 0 Å². The van der Waals surface area contributed by atoms with Gasteiger partial charge in [0.2, 0.25) is 0 Å². The van der Waals surface area contributed by atoms with Crippen LogP contribution in [0.15, 0.2) is 0 Å². The summed E-state index contributed by atoms with van der Waals surface area (Å²) in [7, 11) is 0. The number of hydrogen-bond donors (Lipinski definition) is 1. The van der Waals surface area contributed by atoms with Crippen molar-refractivity contribution < 1.29 is 4.79 Å². The maximum atomic E-state index is 11.9. The van der Waals surface area contributed by atoms with Crippen molar-refractivity contribution in [3.8, 4) is 0 Å². The second kappa shape index (κ2) is 3.13. The van der Waals surface area contributed by atoms with Gasteiger partial charge >= 0.3 is 6.03 Å². The summed E-state index contributed by atoms with van der Waals surface area (Å²) in [6, 6.07) is 0.117. The Hall–Kier alpha value is -0.730. The Morgan fingerprint density at radius 2 is 1.93 bits per heavy atom. The molecule has 1 N–H and O–H groups in total. The molecule has 86 valence electrons. The zero-order chi connectivity index (χ0) is 11.3. The fraction of sp³-hybridized carbons (Fsp3) is 0.917. The van der Waals surface area contributed by atoms with Gasteiger partial charge in [-0.25, -0.2) is 4.79 Å². The van der Waals surface area contributed by atoms with Crippen molar-refractivity contribution in [3.05, 3.63) is 0 Å². The van der Waals surface area contributed by atoms with Crippen LogP contribution >= 0.6 is 0 Å². The van der Waals surface area contributed by atoms with Crippen LogP contribution in [0.1, 0.15) is 40.5 Å². The Labute approximate surface area is 92.2 Å². The predicted molar refractivity (Wildman–Crippen MR) is 60.7 cm³/mol. The number of nitrogens with one attached hydrogen (secondary N) is 1. The average molecular weight is 210 g/mol. The summed E-state index contributed by atoms with van der Waals surface area (Å²) in [5.74, 6) is 0.756. The third-order valence-electron chi connectivity index (χ3n) is 4.37. The quantitative estimate of drug-likeness (QED) is 0.744. The zero-order valence-corrected chi connectivity index (χ0v) is 10.3. The highest BCUT2D eigenvalue weighted by Gasteiger charge is 2.54. The van der Waals surface area contributed by atoms with Crippen LogP contribution in [0, 0.1) is 11.3 Å². The molecular weight excluding hydrogens is 188 g/mol. The number of carbonyl (C=O) groups excluding carboxylic acids is 1. The topological polar surface area (TPSA) is 32.3 Å². The molecule has 1 saturated heterocycles. The van der Waals surface area contributed by atoms with Crippen molar-refractivity contribution in [1.82, 2.24) is 10.2 Å². The van der Waals surface area contributed by atoms with Crippen LogP contribution in [-0.2, 0) is 0 Å². The van der Waals surface area contributed by atoms with Gasteiger partial charge in [0.05, 0.1) is 0 Å². The van der Waals surface area contributed by atoms with Gasteiger partial charge in [0.1, 0.15) is 0 Å². The molecule has 0 aromatic carbocycles. The molecule has 1 saturated carbocycles. The maximum Gasteiger partial charge on any atom is 0.317 e. The lowest BCUT2D eigenvalue weighted by Crippen LogP contribution is -2.72. The minimum atomic E-state index is -0.0133. The minimum Gasteiger partial charge on any atom is -0.338 e. The van der Waals surface area contributed by atoms with E-state index in [2.05, 4.69) is 33.0 Å². The smallest absolute Gasteiger partial charge is 0.317 e. The van der Waals surface area contributed by atoms with Gasteiger partial charge in [-0.2, -0.15) is 0 Å². The second-order valence-corrected chi connectivity index (χ2v) is 6.16. The van der Waals surface area contributed by atoms with Crippen LogP contribution in [0.25, 0.3) is 0 Å². The van der Waals surface area contributed by atoms with Crippen LogP contribution in [0.4, 0.5) is 4.79 Å². The van der Waals surface area contributed by atoms with Crippen LogP contribution < -0.4 is 5.32 Å². The zero-order valence-electron chi connectivity index (χ0n) is 10.3. The van der Waals surface area contributed by atoms with Gasteiger partial charge < -0.3 is 10.2 Å². The summed E-state index contributed by atoms with van der Waals surface area (Å²) < 4.78 is 0. The molecule has 0 atom stereocenters. The van der Waals surface area contributed by atoms with Gasteiger partial charge in [0, 0.05) is 24.0 Å². The molecule has 2 rings (SSSR count). The highest BCUT2D eigenvalue weighted by molar-refractivity contribution is 5.76. The number of carbonyl (C=O) groups is 1. The van der Waals surface area contributed by atoms with E-state index in [1.54, 1.807) is 0 Å². The fourth-order valence-electron chi connectivity index (χ4n) is 2.04. The van der Waals surface area contributed by atoms with Crippen LogP contribution in [0.2, 0.25) is 0 Å². The Bertz CT molecular complexity index is 279. The summed E-state index contributed by atoms with van der Waals surface area (Å²) in [6.45, 7) is 10.5. The summed E-state index contributed by atoms with van der Waals surface area (Å²) >= 11 is 0. The molecule has 3 heteroatoms. The van der Waals surface area contributed by atoms with E-state index in [9.17, 15) is 4.79 Å². The molecule has 1 aliphatic heterocycles. The molecule has 3 nitrogen and oxygen atoms in total. The molecule has 2 amide bonds. The Kier molecular flexibility index (Phi) is 2.25. The Morgan fingerprint density at radius 3 is 2.33 bits per heavy atom. The van der Waals surface area contributed by atoms with Gasteiger partial charge in [-0.05, 0) is 32.6 Å². The molecule has 0 unspecified atom stereocenters. The van der Waals surface area contributed by atoms with Crippen molar-refractivity contribution >= 4 is 6.03 Å². The first-order valence-corrected chi connectivity index (χ1v) is 5.90. The van der Waals surface area contributed by atoms with E-state index in [1.807, 2.05) is 4.90 Å². The number of urea groups is 1. The molecule has 0 aromatic heterocycles. The average Bonchev–Trinajstić information content (AvgIpc) is 2.94. The number of nitrogens with zero attached hydrogens (tertiary/aromatic N) is 1. The minimum absolute atomic E-state index is 0.0133. The standard InChI is InChI=1S/C12H22N2O/c1-11(2)8-14(12(11,3)4)10(15)13-7-9-5-6-9/h9H,5-8H2,1-4H3,(H,13,15). The molecule has 2 fully saturated rings. The summed E-state index contributed by atoms with van der Waals surface area (Å²) in [5.41, 5.74) is 0.227. The number of hydrogen-bond acceptors (Lipinski definition) is 1. The lowest BCUT2D eigenvalue weighted by Gasteiger charge is -2.61. The first-order valence-electron chi connectivity index (χ1n) is 5.90. The number of amides is 2. The Morgan fingerprint density at radius 1 is 1.33 bits per heavy atom. The number of rotatable bonds is 2. The highest BCUT2D eigenvalue weighted by atomic mass is 16.2. The van der Waals surface area contributed by atoms with Gasteiger partial charge in [-0.15, -0.1) is 0 Å². The second-order valence-electron chi connectivity index (χ2n) is 6.16. The normalized spacial score (nSPS) is 27.1. The van der Waals surface area contributed by atoms with E-state index in [0.717, 1.165) is 19.0 Å². The van der Waals surface area contributed by atoms with Gasteiger partial charge in [0.15, 0.2) is 0 Å². The molecule has 15 heavy (non-hydrogen) atoms. The lowest BCUT2D eigenvalue weighted by molar-refractivity contribution is -0.0807. The molecule has 1 aliphatic carbocycles. The van der Waals surface area contributed by atoms with Crippen LogP contribution in [0.5, 0.6) is 0 Å². The molecule has 2 aliphatic rings. The SMILES string of the molecule is CC1(C)CN(C(=O)NCC2CC2)C1(C)C. The van der Waals surface area contributed by atoms with Crippen molar-refractivity contribution in [3.63, 3.8) is 0 Å². The van der Waals surface area contributed by atoms with E-state index in [1.165, 1.54) is 12.8 Å². The summed E-state index contributed by atoms with van der Waals surface area (Å²) in [6.07, 6.45) is 2.57. The highest BCUT2D eigenvalue weighted by Crippen LogP contribution is 2.46. The third-order valence-corrected chi connectivity index (χ3v) is 4.37. The number of likely N-dealkylation sites (tertiary alicyclic amines) is 1. The van der Waals surface area contributed by atoms with E-state index in [-0.39, 0.29) is 17.0 Å². The largest absolute Gasteiger partial charge is 0.338 e. The fourth-order valence-corrected chi connectivity index (χ4v) is 2.04. The Balaban J connectivity index is 1.86. The van der Waals surface area contributed by atoms with Crippen LogP contribution in [-0.4, -0.2) is 29.6 Å². The third kappa shape index (κ3) is 1.72. The monoisotopic (exact) mass is 210 g/mol.